The van der Waals surface area contributed by atoms with Crippen LogP contribution in [0.4, 0.5) is 0 Å². The van der Waals surface area contributed by atoms with E-state index in [0.29, 0.717) is 24.4 Å². The third kappa shape index (κ3) is 2.75. The van der Waals surface area contributed by atoms with E-state index in [1.165, 1.54) is 4.88 Å². The smallest absolute Gasteiger partial charge is 0.185 e. The maximum Gasteiger partial charge on any atom is 0.185 e. The Kier molecular flexibility index (Phi) is 4.26. The molecule has 0 saturated carbocycles. The van der Waals surface area contributed by atoms with Gasteiger partial charge in [-0.3, -0.25) is 4.79 Å². The molecule has 3 heterocycles. The molecule has 0 bridgehead atoms. The fraction of sp³-hybridized carbons (Fsp3) is 0.238. The normalized spacial score (nSPS) is 16.5. The number of carbonyl (C=O) groups excluding carboxylic acids is 1. The predicted octanol–water partition coefficient (Wildman–Crippen LogP) is 3.91. The Labute approximate surface area is 165 Å². The van der Waals surface area contributed by atoms with E-state index in [0.717, 1.165) is 28.9 Å². The summed E-state index contributed by atoms with van der Waals surface area (Å²) < 4.78 is 7.18. The van der Waals surface area contributed by atoms with Gasteiger partial charge in [-0.1, -0.05) is 36.4 Å². The van der Waals surface area contributed by atoms with Crippen molar-refractivity contribution in [3.63, 3.8) is 0 Å². The van der Waals surface area contributed by atoms with Gasteiger partial charge in [0.2, 0.25) is 0 Å². The number of ether oxygens (including phenoxy) is 1. The molecular weight excluding hydrogens is 372 g/mol. The molecule has 0 unspecified atom stereocenters. The first-order chi connectivity index (χ1) is 13.8. The van der Waals surface area contributed by atoms with Gasteiger partial charge < -0.3 is 4.74 Å². The Bertz CT molecular complexity index is 1150. The number of ketones is 1. The van der Waals surface area contributed by atoms with Gasteiger partial charge in [0.15, 0.2) is 17.1 Å². The molecule has 0 N–H and O–H groups in total. The number of nitrogens with zero attached hydrogens (tertiary/aromatic N) is 4. The zero-order valence-electron chi connectivity index (χ0n) is 15.3. The predicted molar refractivity (Wildman–Crippen MR) is 107 cm³/mol. The van der Waals surface area contributed by atoms with Crippen LogP contribution in [-0.4, -0.2) is 32.7 Å². The molecule has 0 fully saturated rings. The lowest BCUT2D eigenvalue weighted by Crippen LogP contribution is -2.23. The number of methoxy groups -OCH3 is 1. The molecular formula is C21H18N4O2S. The second kappa shape index (κ2) is 6.92. The fourth-order valence-electron chi connectivity index (χ4n) is 3.88. The van der Waals surface area contributed by atoms with Gasteiger partial charge in [-0.2, -0.15) is 5.10 Å². The number of benzene rings is 1. The van der Waals surface area contributed by atoms with E-state index in [1.54, 1.807) is 23.0 Å². The van der Waals surface area contributed by atoms with Crippen molar-refractivity contribution in [2.75, 3.05) is 7.11 Å². The Balaban J connectivity index is 1.71. The van der Waals surface area contributed by atoms with Gasteiger partial charge >= 0.3 is 0 Å². The summed E-state index contributed by atoms with van der Waals surface area (Å²) in [4.78, 5) is 14.0. The molecule has 1 aliphatic rings. The molecule has 28 heavy (non-hydrogen) atoms. The summed E-state index contributed by atoms with van der Waals surface area (Å²) in [5.41, 5.74) is 4.64. The molecule has 7 heteroatoms. The molecule has 4 aromatic rings. The molecule has 3 aromatic heterocycles. The van der Waals surface area contributed by atoms with E-state index < -0.39 is 0 Å². The Morgan fingerprint density at radius 2 is 2.00 bits per heavy atom. The second-order valence-corrected chi connectivity index (χ2v) is 7.87. The van der Waals surface area contributed by atoms with Crippen LogP contribution in [-0.2, 0) is 17.8 Å². The van der Waals surface area contributed by atoms with Gasteiger partial charge in [-0.05, 0) is 17.0 Å². The number of carbonyl (C=O) groups is 1. The standard InChI is InChI=1S/C21H18N4O2S/c1-27-12-15-19(13-6-3-2-4-7-13)21-23-22-20-16(25(21)24-15)10-14(11-17(20)26)18-8-5-9-28-18/h2-9,14H,10-12H2,1H3/t14-/m0/s1. The average Bonchev–Trinajstić information content (AvgIpc) is 3.37. The quantitative estimate of drug-likeness (QED) is 0.528. The van der Waals surface area contributed by atoms with Crippen LogP contribution in [0.2, 0.25) is 0 Å². The van der Waals surface area contributed by atoms with E-state index in [9.17, 15) is 4.79 Å². The van der Waals surface area contributed by atoms with Gasteiger partial charge in [0.25, 0.3) is 0 Å². The first-order valence-electron chi connectivity index (χ1n) is 9.14. The largest absolute Gasteiger partial charge is 0.378 e. The summed E-state index contributed by atoms with van der Waals surface area (Å²) >= 11 is 1.69. The van der Waals surface area contributed by atoms with E-state index in [-0.39, 0.29) is 11.7 Å². The van der Waals surface area contributed by atoms with Gasteiger partial charge in [0, 0.05) is 30.7 Å². The minimum absolute atomic E-state index is 0.0269. The number of thiophene rings is 1. The molecule has 1 atom stereocenters. The lowest BCUT2D eigenvalue weighted by molar-refractivity contribution is 0.0956. The number of hydrogen-bond donors (Lipinski definition) is 0. The van der Waals surface area contributed by atoms with Crippen LogP contribution in [0.25, 0.3) is 16.8 Å². The number of Topliss-reactive ketones (excluding diaryl/α,β-unsaturated/α-hetero) is 1. The van der Waals surface area contributed by atoms with Gasteiger partial charge in [-0.25, -0.2) is 4.52 Å². The monoisotopic (exact) mass is 390 g/mol. The SMILES string of the molecule is COCc1nn2c3c(nnc2c1-c1ccccc1)C(=O)C[C@@H](c1cccs1)C3. The van der Waals surface area contributed by atoms with Gasteiger partial charge in [-0.15, -0.1) is 21.5 Å². The third-order valence-corrected chi connectivity index (χ3v) is 6.17. The molecule has 0 aliphatic heterocycles. The topological polar surface area (TPSA) is 69.4 Å². The average molecular weight is 390 g/mol. The highest BCUT2D eigenvalue weighted by Gasteiger charge is 2.32. The molecule has 6 nitrogen and oxygen atoms in total. The minimum atomic E-state index is 0.0269. The van der Waals surface area contributed by atoms with Crippen molar-refractivity contribution >= 4 is 22.8 Å². The van der Waals surface area contributed by atoms with Gasteiger partial charge in [0.1, 0.15) is 0 Å². The molecule has 140 valence electrons. The van der Waals surface area contributed by atoms with E-state index in [1.807, 2.05) is 41.8 Å². The lowest BCUT2D eigenvalue weighted by atomic mass is 9.87. The number of fused-ring (bicyclic) bond motifs is 3. The molecule has 1 aromatic carbocycles. The zero-order chi connectivity index (χ0) is 19.1. The van der Waals surface area contributed by atoms with Gasteiger partial charge in [0.05, 0.1) is 23.6 Å². The number of hydrogen-bond acceptors (Lipinski definition) is 6. The first kappa shape index (κ1) is 17.2. The second-order valence-electron chi connectivity index (χ2n) is 6.90. The van der Waals surface area contributed by atoms with Crippen molar-refractivity contribution in [2.24, 2.45) is 0 Å². The summed E-state index contributed by atoms with van der Waals surface area (Å²) in [6, 6.07) is 14.1. The van der Waals surface area contributed by atoms with Crippen molar-refractivity contribution in [1.29, 1.82) is 0 Å². The summed E-state index contributed by atoms with van der Waals surface area (Å²) in [6.07, 6.45) is 1.18. The summed E-state index contributed by atoms with van der Waals surface area (Å²) in [6.45, 7) is 0.366. The van der Waals surface area contributed by atoms with Crippen molar-refractivity contribution in [1.82, 2.24) is 19.8 Å². The molecule has 1 aliphatic carbocycles. The highest BCUT2D eigenvalue weighted by molar-refractivity contribution is 7.10. The van der Waals surface area contributed by atoms with Crippen LogP contribution in [0.3, 0.4) is 0 Å². The van der Waals surface area contributed by atoms with E-state index in [4.69, 9.17) is 9.84 Å². The highest BCUT2D eigenvalue weighted by Crippen LogP contribution is 2.36. The van der Waals surface area contributed by atoms with Crippen molar-refractivity contribution in [2.45, 2.75) is 25.4 Å². The maximum absolute atomic E-state index is 12.8. The van der Waals surface area contributed by atoms with Crippen LogP contribution in [0, 0.1) is 0 Å². The zero-order valence-corrected chi connectivity index (χ0v) is 16.1. The third-order valence-electron chi connectivity index (χ3n) is 5.13. The van der Waals surface area contributed by atoms with Crippen LogP contribution in [0.1, 0.15) is 39.1 Å². The molecule has 0 amide bonds. The molecule has 0 saturated heterocycles. The van der Waals surface area contributed by atoms with E-state index >= 15 is 0 Å². The fourth-order valence-corrected chi connectivity index (χ4v) is 4.71. The molecule has 0 spiro atoms. The minimum Gasteiger partial charge on any atom is -0.378 e. The number of aromatic nitrogens is 4. The van der Waals surface area contributed by atoms with Crippen molar-refractivity contribution < 1.29 is 9.53 Å². The van der Waals surface area contributed by atoms with Crippen LogP contribution >= 0.6 is 11.3 Å². The lowest BCUT2D eigenvalue weighted by Gasteiger charge is -2.21. The Morgan fingerprint density at radius 3 is 2.75 bits per heavy atom. The molecule has 5 rings (SSSR count). The van der Waals surface area contributed by atoms with Crippen LogP contribution in [0.15, 0.2) is 47.8 Å². The maximum atomic E-state index is 12.8. The van der Waals surface area contributed by atoms with Crippen molar-refractivity contribution in [3.05, 3.63) is 69.8 Å². The summed E-state index contributed by atoms with van der Waals surface area (Å²) in [7, 11) is 1.65. The Hall–Kier alpha value is -2.90. The molecule has 0 radical (unpaired) electrons. The van der Waals surface area contributed by atoms with E-state index in [2.05, 4.69) is 16.3 Å². The van der Waals surface area contributed by atoms with Crippen LogP contribution in [0.5, 0.6) is 0 Å². The first-order valence-corrected chi connectivity index (χ1v) is 10.0. The van der Waals surface area contributed by atoms with Crippen molar-refractivity contribution in [3.8, 4) is 11.1 Å². The summed E-state index contributed by atoms with van der Waals surface area (Å²) in [5, 5.41) is 15.5. The van der Waals surface area contributed by atoms with Crippen LogP contribution < -0.4 is 0 Å². The summed E-state index contributed by atoms with van der Waals surface area (Å²) in [5.74, 6) is 0.182. The highest BCUT2D eigenvalue weighted by atomic mass is 32.1. The number of rotatable bonds is 4. The Morgan fingerprint density at radius 1 is 1.14 bits per heavy atom.